The summed E-state index contributed by atoms with van der Waals surface area (Å²) in [5.74, 6) is 0.286. The standard InChI is InChI=1S/C16H23FN2O2/c1-3-18-11-12-6-8-19(9-7-12)16(20)14-5-4-13(21-2)10-15(14)17/h4-5,10,12,18H,3,6-9,11H2,1-2H3. The topological polar surface area (TPSA) is 41.6 Å². The minimum atomic E-state index is -0.519. The highest BCUT2D eigenvalue weighted by Gasteiger charge is 2.25. The number of benzene rings is 1. The molecule has 0 atom stereocenters. The number of hydrogen-bond acceptors (Lipinski definition) is 3. The maximum Gasteiger partial charge on any atom is 0.256 e. The average molecular weight is 294 g/mol. The Morgan fingerprint density at radius 2 is 2.14 bits per heavy atom. The summed E-state index contributed by atoms with van der Waals surface area (Å²) in [6.45, 7) is 5.44. The Balaban J connectivity index is 1.95. The van der Waals surface area contributed by atoms with Gasteiger partial charge < -0.3 is 15.0 Å². The third-order valence-electron chi connectivity index (χ3n) is 3.99. The fourth-order valence-electron chi connectivity index (χ4n) is 2.66. The van der Waals surface area contributed by atoms with Crippen LogP contribution in [0, 0.1) is 11.7 Å². The van der Waals surface area contributed by atoms with Gasteiger partial charge in [-0.15, -0.1) is 0 Å². The lowest BCUT2D eigenvalue weighted by atomic mass is 9.96. The molecule has 5 heteroatoms. The van der Waals surface area contributed by atoms with Gasteiger partial charge in [-0.25, -0.2) is 4.39 Å². The van der Waals surface area contributed by atoms with Crippen LogP contribution in [0.1, 0.15) is 30.1 Å². The molecule has 1 N–H and O–H groups in total. The quantitative estimate of drug-likeness (QED) is 0.906. The van der Waals surface area contributed by atoms with Crippen molar-refractivity contribution in [3.63, 3.8) is 0 Å². The van der Waals surface area contributed by atoms with E-state index in [-0.39, 0.29) is 11.5 Å². The van der Waals surface area contributed by atoms with E-state index in [1.807, 2.05) is 0 Å². The molecule has 1 aliphatic rings. The Labute approximate surface area is 125 Å². The van der Waals surface area contributed by atoms with E-state index in [1.165, 1.54) is 19.2 Å². The molecule has 1 aromatic rings. The van der Waals surface area contributed by atoms with Gasteiger partial charge in [0.05, 0.1) is 12.7 Å². The Hall–Kier alpha value is -1.62. The van der Waals surface area contributed by atoms with E-state index >= 15 is 0 Å². The van der Waals surface area contributed by atoms with Crippen molar-refractivity contribution in [2.24, 2.45) is 5.92 Å². The Morgan fingerprint density at radius 3 is 2.71 bits per heavy atom. The Morgan fingerprint density at radius 1 is 1.43 bits per heavy atom. The molecule has 0 aliphatic carbocycles. The zero-order chi connectivity index (χ0) is 15.2. The van der Waals surface area contributed by atoms with Crippen LogP contribution in [0.4, 0.5) is 4.39 Å². The van der Waals surface area contributed by atoms with E-state index in [9.17, 15) is 9.18 Å². The van der Waals surface area contributed by atoms with Crippen molar-refractivity contribution in [3.8, 4) is 5.75 Å². The van der Waals surface area contributed by atoms with E-state index in [1.54, 1.807) is 11.0 Å². The predicted molar refractivity (Wildman–Crippen MR) is 80.1 cm³/mol. The Kier molecular flexibility index (Phi) is 5.56. The van der Waals surface area contributed by atoms with Crippen LogP contribution < -0.4 is 10.1 Å². The molecule has 1 aromatic carbocycles. The normalized spacial score (nSPS) is 16.0. The second-order valence-electron chi connectivity index (χ2n) is 5.39. The van der Waals surface area contributed by atoms with Gasteiger partial charge in [0.25, 0.3) is 5.91 Å². The largest absolute Gasteiger partial charge is 0.497 e. The third-order valence-corrected chi connectivity index (χ3v) is 3.99. The summed E-state index contributed by atoms with van der Waals surface area (Å²) < 4.78 is 18.9. The van der Waals surface area contributed by atoms with E-state index in [4.69, 9.17) is 4.74 Å². The van der Waals surface area contributed by atoms with Crippen LogP contribution >= 0.6 is 0 Å². The first kappa shape index (κ1) is 15.8. The summed E-state index contributed by atoms with van der Waals surface area (Å²) >= 11 is 0. The van der Waals surface area contributed by atoms with Crippen molar-refractivity contribution in [2.75, 3.05) is 33.3 Å². The van der Waals surface area contributed by atoms with E-state index in [0.29, 0.717) is 24.8 Å². The lowest BCUT2D eigenvalue weighted by molar-refractivity contribution is 0.0685. The molecule has 116 valence electrons. The summed E-state index contributed by atoms with van der Waals surface area (Å²) in [4.78, 5) is 14.1. The molecule has 1 amide bonds. The smallest absolute Gasteiger partial charge is 0.256 e. The number of rotatable bonds is 5. The first-order valence-corrected chi connectivity index (χ1v) is 7.49. The fourth-order valence-corrected chi connectivity index (χ4v) is 2.66. The summed E-state index contributed by atoms with van der Waals surface area (Å²) in [6, 6.07) is 4.38. The van der Waals surface area contributed by atoms with Gasteiger partial charge in [0.15, 0.2) is 0 Å². The van der Waals surface area contributed by atoms with Crippen LogP contribution in [0.5, 0.6) is 5.75 Å². The molecular formula is C16H23FN2O2. The zero-order valence-electron chi connectivity index (χ0n) is 12.7. The number of amides is 1. The van der Waals surface area contributed by atoms with Gasteiger partial charge in [-0.2, -0.15) is 0 Å². The van der Waals surface area contributed by atoms with E-state index in [0.717, 1.165) is 25.9 Å². The minimum absolute atomic E-state index is 0.126. The third kappa shape index (κ3) is 3.94. The number of methoxy groups -OCH3 is 1. The van der Waals surface area contributed by atoms with Crippen LogP contribution in [0.2, 0.25) is 0 Å². The summed E-state index contributed by atoms with van der Waals surface area (Å²) in [5.41, 5.74) is 0.126. The lowest BCUT2D eigenvalue weighted by Crippen LogP contribution is -2.41. The molecule has 0 saturated carbocycles. The van der Waals surface area contributed by atoms with Crippen molar-refractivity contribution in [1.82, 2.24) is 10.2 Å². The number of nitrogens with zero attached hydrogens (tertiary/aromatic N) is 1. The first-order valence-electron chi connectivity index (χ1n) is 7.49. The van der Waals surface area contributed by atoms with Gasteiger partial charge in [0.1, 0.15) is 11.6 Å². The van der Waals surface area contributed by atoms with Crippen LogP contribution in [0.3, 0.4) is 0 Å². The molecule has 2 rings (SSSR count). The van der Waals surface area contributed by atoms with Crippen LogP contribution in [-0.2, 0) is 0 Å². The number of ether oxygens (including phenoxy) is 1. The van der Waals surface area contributed by atoms with Gasteiger partial charge in [-0.3, -0.25) is 4.79 Å². The number of piperidine rings is 1. The summed E-state index contributed by atoms with van der Waals surface area (Å²) in [7, 11) is 1.48. The minimum Gasteiger partial charge on any atom is -0.497 e. The van der Waals surface area contributed by atoms with Crippen molar-refractivity contribution in [2.45, 2.75) is 19.8 Å². The van der Waals surface area contributed by atoms with Crippen molar-refractivity contribution in [3.05, 3.63) is 29.6 Å². The molecule has 0 aromatic heterocycles. The van der Waals surface area contributed by atoms with Crippen LogP contribution in [0.15, 0.2) is 18.2 Å². The molecule has 1 heterocycles. The summed E-state index contributed by atoms with van der Waals surface area (Å²) in [6.07, 6.45) is 1.94. The summed E-state index contributed by atoms with van der Waals surface area (Å²) in [5, 5.41) is 3.34. The van der Waals surface area contributed by atoms with Crippen LogP contribution in [0.25, 0.3) is 0 Å². The Bertz CT molecular complexity index is 485. The number of carbonyl (C=O) groups is 1. The zero-order valence-corrected chi connectivity index (χ0v) is 12.7. The molecule has 0 unspecified atom stereocenters. The maximum atomic E-state index is 13.9. The van der Waals surface area contributed by atoms with Gasteiger partial charge in [0, 0.05) is 19.2 Å². The number of carbonyl (C=O) groups excluding carboxylic acids is 1. The molecule has 1 saturated heterocycles. The monoisotopic (exact) mass is 294 g/mol. The van der Waals surface area contributed by atoms with Gasteiger partial charge in [-0.05, 0) is 44.0 Å². The van der Waals surface area contributed by atoms with Crippen molar-refractivity contribution < 1.29 is 13.9 Å². The van der Waals surface area contributed by atoms with E-state index < -0.39 is 5.82 Å². The van der Waals surface area contributed by atoms with Gasteiger partial charge >= 0.3 is 0 Å². The number of halogens is 1. The second kappa shape index (κ2) is 7.41. The molecule has 4 nitrogen and oxygen atoms in total. The SMILES string of the molecule is CCNCC1CCN(C(=O)c2ccc(OC)cc2F)CC1. The van der Waals surface area contributed by atoms with E-state index in [2.05, 4.69) is 12.2 Å². The highest BCUT2D eigenvalue weighted by molar-refractivity contribution is 5.94. The molecule has 21 heavy (non-hydrogen) atoms. The predicted octanol–water partition coefficient (Wildman–Crippen LogP) is 2.30. The maximum absolute atomic E-state index is 13.9. The average Bonchev–Trinajstić information content (AvgIpc) is 2.52. The molecule has 1 aliphatic heterocycles. The molecule has 0 spiro atoms. The molecular weight excluding hydrogens is 271 g/mol. The number of likely N-dealkylation sites (tertiary alicyclic amines) is 1. The second-order valence-corrected chi connectivity index (χ2v) is 5.39. The molecule has 1 fully saturated rings. The highest BCUT2D eigenvalue weighted by Crippen LogP contribution is 2.21. The van der Waals surface area contributed by atoms with Crippen molar-refractivity contribution >= 4 is 5.91 Å². The highest BCUT2D eigenvalue weighted by atomic mass is 19.1. The lowest BCUT2D eigenvalue weighted by Gasteiger charge is -2.32. The van der Waals surface area contributed by atoms with Gasteiger partial charge in [-0.1, -0.05) is 6.92 Å². The van der Waals surface area contributed by atoms with Gasteiger partial charge in [0.2, 0.25) is 0 Å². The molecule has 0 bridgehead atoms. The van der Waals surface area contributed by atoms with Crippen LogP contribution in [-0.4, -0.2) is 44.1 Å². The fraction of sp³-hybridized carbons (Fsp3) is 0.562. The number of nitrogens with one attached hydrogen (secondary N) is 1. The number of hydrogen-bond donors (Lipinski definition) is 1. The molecule has 0 radical (unpaired) electrons. The first-order chi connectivity index (χ1) is 10.2. The van der Waals surface area contributed by atoms with Crippen molar-refractivity contribution in [1.29, 1.82) is 0 Å².